The molecular formula is C33H48O7. The van der Waals surface area contributed by atoms with Gasteiger partial charge in [0.15, 0.2) is 0 Å². The van der Waals surface area contributed by atoms with E-state index >= 15 is 0 Å². The van der Waals surface area contributed by atoms with Crippen LogP contribution in [0.1, 0.15) is 67.7 Å². The molecule has 0 saturated carbocycles. The second-order valence-electron chi connectivity index (χ2n) is 11.1. The summed E-state index contributed by atoms with van der Waals surface area (Å²) in [5, 5.41) is 29.5. The molecule has 222 valence electrons. The van der Waals surface area contributed by atoms with Gasteiger partial charge in [-0.15, -0.1) is 0 Å². The predicted octanol–water partition coefficient (Wildman–Crippen LogP) is 5.76. The molecule has 1 aliphatic rings. The number of hydrogen-bond acceptors (Lipinski definition) is 6. The third-order valence-corrected chi connectivity index (χ3v) is 7.19. The molecule has 7 nitrogen and oxygen atoms in total. The van der Waals surface area contributed by atoms with Crippen LogP contribution in [0.2, 0.25) is 0 Å². The Kier molecular flexibility index (Phi) is 15.4. The van der Waals surface area contributed by atoms with Gasteiger partial charge in [0, 0.05) is 24.0 Å². The molecular weight excluding hydrogens is 508 g/mol. The maximum atomic E-state index is 13.0. The number of aliphatic hydroxyl groups excluding tert-OH is 2. The first-order chi connectivity index (χ1) is 18.8. The monoisotopic (exact) mass is 556 g/mol. The van der Waals surface area contributed by atoms with Crippen molar-refractivity contribution in [1.82, 2.24) is 0 Å². The predicted molar refractivity (Wildman–Crippen MR) is 158 cm³/mol. The average molecular weight is 557 g/mol. The van der Waals surface area contributed by atoms with Crippen LogP contribution in [0.5, 0.6) is 0 Å². The van der Waals surface area contributed by atoms with Crippen molar-refractivity contribution in [2.45, 2.75) is 79.9 Å². The fraction of sp³-hybridized carbons (Fsp3) is 0.545. The van der Waals surface area contributed by atoms with Crippen LogP contribution in [0.4, 0.5) is 0 Å². The number of rotatable bonds is 16. The molecule has 1 rings (SSSR count). The number of carbonyl (C=O) groups excluding carboxylic acids is 2. The fourth-order valence-corrected chi connectivity index (χ4v) is 4.74. The number of carboxylic acid groups (broad SMARTS) is 1. The van der Waals surface area contributed by atoms with Crippen LogP contribution in [0, 0.1) is 29.6 Å². The maximum absolute atomic E-state index is 13.0. The number of carboxylic acids is 1. The van der Waals surface area contributed by atoms with Gasteiger partial charge in [0.05, 0.1) is 18.6 Å². The molecule has 7 heteroatoms. The number of aliphatic hydroxyl groups is 2. The van der Waals surface area contributed by atoms with E-state index in [1.807, 2.05) is 44.2 Å². The average Bonchev–Trinajstić information content (AvgIpc) is 2.89. The molecule has 0 amide bonds. The Morgan fingerprint density at radius 1 is 1.12 bits per heavy atom. The molecule has 0 aliphatic carbocycles. The number of Topliss-reactive ketones (excluding diaryl/α,β-unsaturated/α-hetero) is 1. The third-order valence-electron chi connectivity index (χ3n) is 7.19. The van der Waals surface area contributed by atoms with Crippen molar-refractivity contribution in [2.24, 2.45) is 29.6 Å². The summed E-state index contributed by atoms with van der Waals surface area (Å²) in [4.78, 5) is 35.4. The number of ketones is 1. The number of cyclic esters (lactones) is 1. The van der Waals surface area contributed by atoms with Crippen LogP contribution in [0.3, 0.4) is 0 Å². The summed E-state index contributed by atoms with van der Waals surface area (Å²) in [6.45, 7) is 12.8. The minimum absolute atomic E-state index is 0.136. The van der Waals surface area contributed by atoms with Crippen molar-refractivity contribution in [1.29, 1.82) is 0 Å². The van der Waals surface area contributed by atoms with Crippen LogP contribution in [0.25, 0.3) is 0 Å². The highest BCUT2D eigenvalue weighted by Crippen LogP contribution is 2.24. The Bertz CT molecular complexity index is 1040. The van der Waals surface area contributed by atoms with E-state index in [0.29, 0.717) is 12.0 Å². The Balaban J connectivity index is 2.76. The molecule has 0 aromatic carbocycles. The van der Waals surface area contributed by atoms with Gasteiger partial charge in [0.25, 0.3) is 0 Å². The number of esters is 1. The second kappa shape index (κ2) is 17.6. The lowest BCUT2D eigenvalue weighted by Gasteiger charge is -2.26. The van der Waals surface area contributed by atoms with Crippen molar-refractivity contribution < 1.29 is 34.4 Å². The molecule has 0 saturated heterocycles. The van der Waals surface area contributed by atoms with E-state index in [1.165, 1.54) is 6.08 Å². The highest BCUT2D eigenvalue weighted by molar-refractivity contribution is 5.85. The summed E-state index contributed by atoms with van der Waals surface area (Å²) in [5.74, 6) is -2.97. The summed E-state index contributed by atoms with van der Waals surface area (Å²) in [6, 6.07) is 0. The summed E-state index contributed by atoms with van der Waals surface area (Å²) in [6.07, 6.45) is 17.1. The molecule has 0 bridgehead atoms. The molecule has 0 spiro atoms. The number of ether oxygens (including phenoxy) is 1. The topological polar surface area (TPSA) is 121 Å². The van der Waals surface area contributed by atoms with Crippen molar-refractivity contribution in [3.05, 3.63) is 71.4 Å². The van der Waals surface area contributed by atoms with Crippen LogP contribution >= 0.6 is 0 Å². The number of carbonyl (C=O) groups is 3. The van der Waals surface area contributed by atoms with Crippen molar-refractivity contribution in [3.8, 4) is 0 Å². The Hall–Kier alpha value is -3.03. The Labute approximate surface area is 239 Å². The summed E-state index contributed by atoms with van der Waals surface area (Å²) in [7, 11) is 0. The molecule has 0 fully saturated rings. The highest BCUT2D eigenvalue weighted by Gasteiger charge is 2.30. The van der Waals surface area contributed by atoms with Crippen LogP contribution in [0.15, 0.2) is 71.4 Å². The molecule has 1 heterocycles. The smallest absolute Gasteiger partial charge is 0.331 e. The summed E-state index contributed by atoms with van der Waals surface area (Å²) in [5.41, 5.74) is 2.62. The normalized spacial score (nSPS) is 22.7. The summed E-state index contributed by atoms with van der Waals surface area (Å²) >= 11 is 0. The van der Waals surface area contributed by atoms with Crippen LogP contribution < -0.4 is 0 Å². The first-order valence-corrected chi connectivity index (χ1v) is 14.1. The van der Waals surface area contributed by atoms with Gasteiger partial charge < -0.3 is 20.1 Å². The molecule has 0 aromatic heterocycles. The van der Waals surface area contributed by atoms with E-state index in [-0.39, 0.29) is 42.2 Å². The van der Waals surface area contributed by atoms with Crippen LogP contribution in [-0.2, 0) is 19.1 Å². The summed E-state index contributed by atoms with van der Waals surface area (Å²) < 4.78 is 5.38. The minimum Gasteiger partial charge on any atom is -0.478 e. The van der Waals surface area contributed by atoms with E-state index in [9.17, 15) is 24.6 Å². The highest BCUT2D eigenvalue weighted by atomic mass is 16.5. The van der Waals surface area contributed by atoms with E-state index in [0.717, 1.165) is 30.1 Å². The molecule has 7 atom stereocenters. The fourth-order valence-electron chi connectivity index (χ4n) is 4.74. The van der Waals surface area contributed by atoms with E-state index in [1.54, 1.807) is 26.8 Å². The number of allylic oxidation sites excluding steroid dienone is 7. The van der Waals surface area contributed by atoms with Crippen LogP contribution in [-0.4, -0.2) is 51.9 Å². The largest absolute Gasteiger partial charge is 0.478 e. The van der Waals surface area contributed by atoms with Crippen molar-refractivity contribution in [2.75, 3.05) is 6.61 Å². The molecule has 0 radical (unpaired) electrons. The molecule has 40 heavy (non-hydrogen) atoms. The first-order valence-electron chi connectivity index (χ1n) is 14.1. The van der Waals surface area contributed by atoms with E-state index in [4.69, 9.17) is 9.84 Å². The first kappa shape index (κ1) is 35.0. The number of aliphatic carboxylic acids is 1. The van der Waals surface area contributed by atoms with Gasteiger partial charge >= 0.3 is 11.9 Å². The molecule has 0 unspecified atom stereocenters. The third kappa shape index (κ3) is 12.4. The van der Waals surface area contributed by atoms with Gasteiger partial charge in [-0.1, -0.05) is 87.8 Å². The molecule has 0 aromatic rings. The lowest BCUT2D eigenvalue weighted by molar-refractivity contribution is -0.143. The van der Waals surface area contributed by atoms with Gasteiger partial charge in [0.1, 0.15) is 11.9 Å². The standard InChI is InChI=1S/C33H48O7/c1-8-27(13-14-29-24(5)12-15-31(37)40-29)17-21(2)10-9-11-22(3)18-28(20-34)33(39)26(7)32(38)25(6)16-23(4)19-30(35)36/h9,11-15,17-19,21,24-26,28-29,32,34,38H,8,10,16,20H2,1-7H3,(H,35,36)/b11-9+,14-13+,22-18+,23-19+,27-17+/t21-,24+,25+,26-,28-,29+,32+/m1/s1. The quantitative estimate of drug-likeness (QED) is 0.126. The van der Waals surface area contributed by atoms with Crippen molar-refractivity contribution in [3.63, 3.8) is 0 Å². The van der Waals surface area contributed by atoms with Crippen molar-refractivity contribution >= 4 is 17.7 Å². The zero-order chi connectivity index (χ0) is 30.4. The molecule has 1 aliphatic heterocycles. The second-order valence-corrected chi connectivity index (χ2v) is 11.1. The zero-order valence-corrected chi connectivity index (χ0v) is 25.0. The minimum atomic E-state index is -1.04. The lowest BCUT2D eigenvalue weighted by atomic mass is 9.82. The Morgan fingerprint density at radius 2 is 1.80 bits per heavy atom. The van der Waals surface area contributed by atoms with Gasteiger partial charge in [-0.05, 0) is 51.0 Å². The Morgan fingerprint density at radius 3 is 2.40 bits per heavy atom. The van der Waals surface area contributed by atoms with Gasteiger partial charge in [0.2, 0.25) is 0 Å². The number of hydrogen-bond donors (Lipinski definition) is 3. The van der Waals surface area contributed by atoms with Gasteiger partial charge in [-0.2, -0.15) is 0 Å². The lowest BCUT2D eigenvalue weighted by Crippen LogP contribution is -2.35. The van der Waals surface area contributed by atoms with E-state index < -0.39 is 23.9 Å². The van der Waals surface area contributed by atoms with Gasteiger partial charge in [-0.3, -0.25) is 4.79 Å². The SMILES string of the molecule is CCC(/C=C/[C@@H]1OC(=O)C=C[C@@H]1C)=C\[C@H](C)C/C=C/C(C)=C/[C@H](CO)C(=O)[C@H](C)[C@@H](O)[C@@H](C)C/C(C)=C/C(=O)O. The van der Waals surface area contributed by atoms with Gasteiger partial charge in [-0.25, -0.2) is 9.59 Å². The maximum Gasteiger partial charge on any atom is 0.331 e. The zero-order valence-electron chi connectivity index (χ0n) is 25.0. The van der Waals surface area contributed by atoms with E-state index in [2.05, 4.69) is 19.9 Å². The molecule has 3 N–H and O–H groups in total.